The Kier molecular flexibility index (Phi) is 6.06. The number of Topliss-reactive ketones (excluding diaryl/α,β-unsaturated/α-hetero) is 1. The minimum absolute atomic E-state index is 0.0290. The van der Waals surface area contributed by atoms with E-state index in [1.165, 1.54) is 18.7 Å². The number of ketones is 1. The minimum atomic E-state index is -0.280. The maximum absolute atomic E-state index is 12.2. The van der Waals surface area contributed by atoms with Gasteiger partial charge in [-0.3, -0.25) is 14.4 Å². The Labute approximate surface area is 147 Å². The van der Waals surface area contributed by atoms with Crippen molar-refractivity contribution in [1.29, 1.82) is 0 Å². The van der Waals surface area contributed by atoms with Crippen molar-refractivity contribution in [3.8, 4) is 0 Å². The Morgan fingerprint density at radius 2 is 1.52 bits per heavy atom. The van der Waals surface area contributed by atoms with Gasteiger partial charge in [0.1, 0.15) is 6.54 Å². The van der Waals surface area contributed by atoms with Crippen molar-refractivity contribution in [2.24, 2.45) is 0 Å². The zero-order valence-electron chi connectivity index (χ0n) is 14.7. The van der Waals surface area contributed by atoms with E-state index in [4.69, 9.17) is 0 Å². The highest BCUT2D eigenvalue weighted by Gasteiger charge is 2.14. The molecule has 0 aromatic heterocycles. The van der Waals surface area contributed by atoms with Crippen molar-refractivity contribution in [2.45, 2.75) is 27.3 Å². The standard InChI is InChI=1S/C20H22N2O3/c1-14-4-6-17(7-5-14)12-22(16(3)24)13-20(25)21-19-10-8-18(9-11-19)15(2)23/h4-11H,12-13H2,1-3H3,(H,21,25). The summed E-state index contributed by atoms with van der Waals surface area (Å²) in [6.45, 7) is 5.29. The second-order valence-electron chi connectivity index (χ2n) is 6.04. The molecule has 0 aliphatic heterocycles. The predicted molar refractivity (Wildman–Crippen MR) is 97.3 cm³/mol. The Balaban J connectivity index is 1.98. The molecule has 0 atom stereocenters. The molecule has 25 heavy (non-hydrogen) atoms. The van der Waals surface area contributed by atoms with Crippen LogP contribution in [0.4, 0.5) is 5.69 Å². The van der Waals surface area contributed by atoms with Crippen LogP contribution < -0.4 is 5.32 Å². The predicted octanol–water partition coefficient (Wildman–Crippen LogP) is 3.18. The van der Waals surface area contributed by atoms with Crippen molar-refractivity contribution in [1.82, 2.24) is 4.90 Å². The molecule has 2 aromatic carbocycles. The number of hydrogen-bond acceptors (Lipinski definition) is 3. The van der Waals surface area contributed by atoms with Gasteiger partial charge in [-0.1, -0.05) is 29.8 Å². The fraction of sp³-hybridized carbons (Fsp3) is 0.250. The molecule has 0 saturated heterocycles. The van der Waals surface area contributed by atoms with Gasteiger partial charge in [0.2, 0.25) is 11.8 Å². The first-order valence-electron chi connectivity index (χ1n) is 8.07. The molecule has 0 spiro atoms. The van der Waals surface area contributed by atoms with Gasteiger partial charge in [0.25, 0.3) is 0 Å². The molecule has 0 aliphatic carbocycles. The summed E-state index contributed by atoms with van der Waals surface area (Å²) in [5.74, 6) is -0.473. The third-order valence-corrected chi connectivity index (χ3v) is 3.85. The van der Waals surface area contributed by atoms with Crippen molar-refractivity contribution in [3.63, 3.8) is 0 Å². The van der Waals surface area contributed by atoms with Crippen LogP contribution in [-0.2, 0) is 16.1 Å². The molecule has 5 nitrogen and oxygen atoms in total. The molecule has 0 heterocycles. The molecule has 2 amide bonds. The number of rotatable bonds is 6. The van der Waals surface area contributed by atoms with Crippen LogP contribution in [0.3, 0.4) is 0 Å². The van der Waals surface area contributed by atoms with Gasteiger partial charge in [0.15, 0.2) is 5.78 Å². The summed E-state index contributed by atoms with van der Waals surface area (Å²) in [6.07, 6.45) is 0. The average molecular weight is 338 g/mol. The van der Waals surface area contributed by atoms with Gasteiger partial charge in [0, 0.05) is 24.7 Å². The highest BCUT2D eigenvalue weighted by molar-refractivity contribution is 5.96. The molecule has 0 aliphatic rings. The van der Waals surface area contributed by atoms with E-state index in [9.17, 15) is 14.4 Å². The molecule has 0 unspecified atom stereocenters. The minimum Gasteiger partial charge on any atom is -0.329 e. The second-order valence-corrected chi connectivity index (χ2v) is 6.04. The first-order chi connectivity index (χ1) is 11.8. The van der Waals surface area contributed by atoms with E-state index < -0.39 is 0 Å². The first-order valence-corrected chi connectivity index (χ1v) is 8.07. The van der Waals surface area contributed by atoms with E-state index in [1.54, 1.807) is 24.3 Å². The van der Waals surface area contributed by atoms with Gasteiger partial charge in [-0.15, -0.1) is 0 Å². The lowest BCUT2D eigenvalue weighted by molar-refractivity contribution is -0.133. The third kappa shape index (κ3) is 5.57. The molecule has 5 heteroatoms. The smallest absolute Gasteiger partial charge is 0.244 e. The van der Waals surface area contributed by atoms with Gasteiger partial charge in [-0.2, -0.15) is 0 Å². The van der Waals surface area contributed by atoms with E-state index >= 15 is 0 Å². The van der Waals surface area contributed by atoms with E-state index in [0.717, 1.165) is 11.1 Å². The molecule has 0 saturated carbocycles. The van der Waals surface area contributed by atoms with Gasteiger partial charge < -0.3 is 10.2 Å². The number of aryl methyl sites for hydroxylation is 1. The number of anilines is 1. The van der Waals surface area contributed by atoms with Crippen molar-refractivity contribution in [2.75, 3.05) is 11.9 Å². The molecular weight excluding hydrogens is 316 g/mol. The Morgan fingerprint density at radius 1 is 0.920 bits per heavy atom. The van der Waals surface area contributed by atoms with Crippen molar-refractivity contribution in [3.05, 3.63) is 65.2 Å². The quantitative estimate of drug-likeness (QED) is 0.823. The summed E-state index contributed by atoms with van der Waals surface area (Å²) in [6, 6.07) is 14.5. The van der Waals surface area contributed by atoms with Crippen LogP contribution in [0.15, 0.2) is 48.5 Å². The van der Waals surface area contributed by atoms with E-state index in [1.807, 2.05) is 31.2 Å². The van der Waals surface area contributed by atoms with Crippen LogP contribution >= 0.6 is 0 Å². The molecule has 0 bridgehead atoms. The fourth-order valence-corrected chi connectivity index (χ4v) is 2.35. The average Bonchev–Trinajstić information content (AvgIpc) is 2.56. The number of nitrogens with one attached hydrogen (secondary N) is 1. The normalized spacial score (nSPS) is 10.2. The highest BCUT2D eigenvalue weighted by atomic mass is 16.2. The zero-order chi connectivity index (χ0) is 18.4. The lowest BCUT2D eigenvalue weighted by atomic mass is 10.1. The van der Waals surface area contributed by atoms with Gasteiger partial charge in [0.05, 0.1) is 0 Å². The van der Waals surface area contributed by atoms with E-state index in [0.29, 0.717) is 17.8 Å². The van der Waals surface area contributed by atoms with Crippen LogP contribution in [0.1, 0.15) is 35.3 Å². The number of nitrogens with zero attached hydrogens (tertiary/aromatic N) is 1. The summed E-state index contributed by atoms with van der Waals surface area (Å²) in [5.41, 5.74) is 3.29. The largest absolute Gasteiger partial charge is 0.329 e. The third-order valence-electron chi connectivity index (χ3n) is 3.85. The Bertz CT molecular complexity index is 765. The molecule has 1 N–H and O–H groups in total. The van der Waals surface area contributed by atoms with Gasteiger partial charge in [-0.05, 0) is 43.7 Å². The molecule has 0 radical (unpaired) electrons. The molecule has 130 valence electrons. The van der Waals surface area contributed by atoms with Crippen LogP contribution in [-0.4, -0.2) is 29.0 Å². The maximum Gasteiger partial charge on any atom is 0.244 e. The van der Waals surface area contributed by atoms with E-state index in [-0.39, 0.29) is 24.1 Å². The van der Waals surface area contributed by atoms with Crippen LogP contribution in [0.25, 0.3) is 0 Å². The van der Waals surface area contributed by atoms with Crippen LogP contribution in [0.5, 0.6) is 0 Å². The molecule has 0 fully saturated rings. The Morgan fingerprint density at radius 3 is 2.04 bits per heavy atom. The number of amides is 2. The summed E-state index contributed by atoms with van der Waals surface area (Å²) in [7, 11) is 0. The lowest BCUT2D eigenvalue weighted by Crippen LogP contribution is -2.36. The van der Waals surface area contributed by atoms with Crippen molar-refractivity contribution >= 4 is 23.3 Å². The summed E-state index contributed by atoms with van der Waals surface area (Å²) < 4.78 is 0. The SMILES string of the molecule is CC(=O)c1ccc(NC(=O)CN(Cc2ccc(C)cc2)C(C)=O)cc1. The second kappa shape index (κ2) is 8.24. The maximum atomic E-state index is 12.2. The fourth-order valence-electron chi connectivity index (χ4n) is 2.35. The number of carbonyl (C=O) groups excluding carboxylic acids is 3. The first kappa shape index (κ1) is 18.4. The lowest BCUT2D eigenvalue weighted by Gasteiger charge is -2.20. The number of hydrogen-bond donors (Lipinski definition) is 1. The summed E-state index contributed by atoms with van der Waals surface area (Å²) in [4.78, 5) is 36.8. The van der Waals surface area contributed by atoms with Gasteiger partial charge in [-0.25, -0.2) is 0 Å². The van der Waals surface area contributed by atoms with Crippen molar-refractivity contribution < 1.29 is 14.4 Å². The summed E-state index contributed by atoms with van der Waals surface area (Å²) in [5, 5.41) is 2.74. The van der Waals surface area contributed by atoms with E-state index in [2.05, 4.69) is 5.32 Å². The van der Waals surface area contributed by atoms with Crippen LogP contribution in [0.2, 0.25) is 0 Å². The zero-order valence-corrected chi connectivity index (χ0v) is 14.7. The molecule has 2 aromatic rings. The Hall–Kier alpha value is -2.95. The molecule has 2 rings (SSSR count). The number of benzene rings is 2. The molecular formula is C20H22N2O3. The van der Waals surface area contributed by atoms with Gasteiger partial charge >= 0.3 is 0 Å². The topological polar surface area (TPSA) is 66.5 Å². The highest BCUT2D eigenvalue weighted by Crippen LogP contribution is 2.11. The monoisotopic (exact) mass is 338 g/mol. The number of carbonyl (C=O) groups is 3. The summed E-state index contributed by atoms with van der Waals surface area (Å²) >= 11 is 0. The van der Waals surface area contributed by atoms with Crippen LogP contribution in [0, 0.1) is 6.92 Å².